The summed E-state index contributed by atoms with van der Waals surface area (Å²) in [5, 5.41) is 16.0. The summed E-state index contributed by atoms with van der Waals surface area (Å²) in [6.07, 6.45) is 2.47. The number of anilines is 1. The minimum Gasteiger partial charge on any atom is -0.391 e. The first-order valence-corrected chi connectivity index (χ1v) is 3.79. The van der Waals surface area contributed by atoms with Gasteiger partial charge in [0.25, 0.3) is 0 Å². The van der Waals surface area contributed by atoms with Gasteiger partial charge in [-0.1, -0.05) is 0 Å². The Morgan fingerprint density at radius 1 is 1.73 bits per heavy atom. The Morgan fingerprint density at radius 2 is 2.64 bits per heavy atom. The fourth-order valence-electron chi connectivity index (χ4n) is 1.38. The average Bonchev–Trinajstić information content (AvgIpc) is 2.55. The van der Waals surface area contributed by atoms with Gasteiger partial charge in [0.05, 0.1) is 6.10 Å². The molecule has 1 aromatic rings. The second-order valence-electron chi connectivity index (χ2n) is 2.82. The van der Waals surface area contributed by atoms with E-state index in [4.69, 9.17) is 0 Å². The van der Waals surface area contributed by atoms with E-state index in [0.717, 1.165) is 18.8 Å². The summed E-state index contributed by atoms with van der Waals surface area (Å²) in [5.41, 5.74) is 0. The van der Waals surface area contributed by atoms with Crippen molar-refractivity contribution in [1.29, 1.82) is 0 Å². The first kappa shape index (κ1) is 6.67. The lowest BCUT2D eigenvalue weighted by Crippen LogP contribution is -2.21. The Hall–Kier alpha value is -1.03. The normalized spacial score (nSPS) is 24.5. The molecule has 1 aromatic heterocycles. The number of β-amino-alcohol motifs (C(OH)–C–C–N with tert-alkyl or cyclic N) is 1. The van der Waals surface area contributed by atoms with E-state index in [9.17, 15) is 5.11 Å². The zero-order valence-corrected chi connectivity index (χ0v) is 6.20. The number of nitrogens with one attached hydrogen (secondary N) is 1. The summed E-state index contributed by atoms with van der Waals surface area (Å²) in [6.45, 7) is 1.62. The minimum absolute atomic E-state index is 0.174. The van der Waals surface area contributed by atoms with Gasteiger partial charge in [-0.3, -0.25) is 5.10 Å². The van der Waals surface area contributed by atoms with Crippen molar-refractivity contribution in [1.82, 2.24) is 10.2 Å². The standard InChI is InChI=1S/C7H11N3O/c11-6-2-4-10(5-6)7-1-3-8-9-7/h1,3,6,11H,2,4-5H2,(H,8,9)/t6-/m0/s1. The Bertz CT molecular complexity index is 222. The molecule has 4 heteroatoms. The highest BCUT2D eigenvalue weighted by Gasteiger charge is 2.20. The molecule has 2 heterocycles. The van der Waals surface area contributed by atoms with Crippen LogP contribution in [0.4, 0.5) is 5.82 Å². The van der Waals surface area contributed by atoms with Crippen molar-refractivity contribution in [3.63, 3.8) is 0 Å². The summed E-state index contributed by atoms with van der Waals surface area (Å²) in [4.78, 5) is 2.07. The SMILES string of the molecule is O[C@H]1CCN(c2cc[nH]n2)C1. The molecule has 0 radical (unpaired) electrons. The molecule has 1 aliphatic heterocycles. The lowest BCUT2D eigenvalue weighted by molar-refractivity contribution is 0.198. The number of aromatic nitrogens is 2. The maximum atomic E-state index is 9.22. The van der Waals surface area contributed by atoms with Crippen LogP contribution >= 0.6 is 0 Å². The molecule has 0 saturated carbocycles. The highest BCUT2D eigenvalue weighted by Crippen LogP contribution is 2.16. The van der Waals surface area contributed by atoms with E-state index in [2.05, 4.69) is 15.1 Å². The molecular formula is C7H11N3O. The predicted molar refractivity (Wildman–Crippen MR) is 41.4 cm³/mol. The van der Waals surface area contributed by atoms with Crippen LogP contribution in [0, 0.1) is 0 Å². The second-order valence-corrected chi connectivity index (χ2v) is 2.82. The molecule has 0 spiro atoms. The number of H-pyrrole nitrogens is 1. The van der Waals surface area contributed by atoms with Crippen LogP contribution in [0.25, 0.3) is 0 Å². The average molecular weight is 153 g/mol. The van der Waals surface area contributed by atoms with E-state index >= 15 is 0 Å². The van der Waals surface area contributed by atoms with Gasteiger partial charge >= 0.3 is 0 Å². The minimum atomic E-state index is -0.174. The van der Waals surface area contributed by atoms with Gasteiger partial charge in [0.2, 0.25) is 0 Å². The lowest BCUT2D eigenvalue weighted by atomic mass is 10.3. The monoisotopic (exact) mass is 153 g/mol. The summed E-state index contributed by atoms with van der Waals surface area (Å²) in [6, 6.07) is 1.91. The van der Waals surface area contributed by atoms with Gasteiger partial charge in [-0.05, 0) is 6.42 Å². The molecule has 0 unspecified atom stereocenters. The number of rotatable bonds is 1. The highest BCUT2D eigenvalue weighted by atomic mass is 16.3. The van der Waals surface area contributed by atoms with Gasteiger partial charge in [-0.25, -0.2) is 0 Å². The molecule has 2 N–H and O–H groups in total. The topological polar surface area (TPSA) is 52.1 Å². The molecule has 1 fully saturated rings. The summed E-state index contributed by atoms with van der Waals surface area (Å²) in [5.74, 6) is 0.932. The third kappa shape index (κ3) is 1.21. The zero-order valence-electron chi connectivity index (χ0n) is 6.20. The van der Waals surface area contributed by atoms with Gasteiger partial charge in [-0.15, -0.1) is 0 Å². The van der Waals surface area contributed by atoms with E-state index in [-0.39, 0.29) is 6.10 Å². The first-order valence-electron chi connectivity index (χ1n) is 3.79. The molecule has 0 amide bonds. The highest BCUT2D eigenvalue weighted by molar-refractivity contribution is 5.37. The summed E-state index contributed by atoms with van der Waals surface area (Å²) in [7, 11) is 0. The van der Waals surface area contributed by atoms with Gasteiger partial charge < -0.3 is 10.0 Å². The molecule has 0 aromatic carbocycles. The predicted octanol–water partition coefficient (Wildman–Crippen LogP) is -0.0193. The Labute approximate surface area is 64.8 Å². The van der Waals surface area contributed by atoms with Crippen LogP contribution < -0.4 is 4.90 Å². The van der Waals surface area contributed by atoms with E-state index in [1.54, 1.807) is 6.20 Å². The van der Waals surface area contributed by atoms with E-state index in [0.29, 0.717) is 6.54 Å². The van der Waals surface area contributed by atoms with Crippen molar-refractivity contribution in [3.8, 4) is 0 Å². The fraction of sp³-hybridized carbons (Fsp3) is 0.571. The number of aromatic amines is 1. The number of nitrogens with zero attached hydrogens (tertiary/aromatic N) is 2. The first-order chi connectivity index (χ1) is 5.36. The van der Waals surface area contributed by atoms with Crippen molar-refractivity contribution in [2.75, 3.05) is 18.0 Å². The van der Waals surface area contributed by atoms with Crippen LogP contribution in [0.1, 0.15) is 6.42 Å². The number of hydrogen-bond donors (Lipinski definition) is 2. The molecule has 4 nitrogen and oxygen atoms in total. The van der Waals surface area contributed by atoms with Gasteiger partial charge in [-0.2, -0.15) is 5.10 Å². The summed E-state index contributed by atoms with van der Waals surface area (Å²) < 4.78 is 0. The van der Waals surface area contributed by atoms with Crippen LogP contribution in [0.3, 0.4) is 0 Å². The van der Waals surface area contributed by atoms with Crippen molar-refractivity contribution in [2.24, 2.45) is 0 Å². The van der Waals surface area contributed by atoms with E-state index in [1.165, 1.54) is 0 Å². The van der Waals surface area contributed by atoms with Crippen molar-refractivity contribution < 1.29 is 5.11 Å². The quantitative estimate of drug-likeness (QED) is 0.596. The van der Waals surface area contributed by atoms with E-state index < -0.39 is 0 Å². The van der Waals surface area contributed by atoms with Crippen molar-refractivity contribution in [2.45, 2.75) is 12.5 Å². The molecule has 0 aliphatic carbocycles. The molecule has 1 saturated heterocycles. The van der Waals surface area contributed by atoms with Crippen LogP contribution in [0.15, 0.2) is 12.3 Å². The van der Waals surface area contributed by atoms with E-state index in [1.807, 2.05) is 6.07 Å². The Balaban J connectivity index is 2.08. The molecule has 1 atom stereocenters. The van der Waals surface area contributed by atoms with Gasteiger partial charge in [0.15, 0.2) is 0 Å². The number of aliphatic hydroxyl groups is 1. The molecule has 2 rings (SSSR count). The second kappa shape index (κ2) is 2.54. The van der Waals surface area contributed by atoms with Crippen LogP contribution in [-0.4, -0.2) is 34.5 Å². The Kier molecular flexibility index (Phi) is 1.54. The Morgan fingerprint density at radius 3 is 3.18 bits per heavy atom. The van der Waals surface area contributed by atoms with Crippen molar-refractivity contribution >= 4 is 5.82 Å². The van der Waals surface area contributed by atoms with Crippen LogP contribution in [-0.2, 0) is 0 Å². The molecular weight excluding hydrogens is 142 g/mol. The van der Waals surface area contributed by atoms with Gasteiger partial charge in [0.1, 0.15) is 5.82 Å². The third-order valence-corrected chi connectivity index (χ3v) is 1.97. The molecule has 11 heavy (non-hydrogen) atoms. The maximum absolute atomic E-state index is 9.22. The largest absolute Gasteiger partial charge is 0.391 e. The third-order valence-electron chi connectivity index (χ3n) is 1.97. The maximum Gasteiger partial charge on any atom is 0.150 e. The number of hydrogen-bond acceptors (Lipinski definition) is 3. The lowest BCUT2D eigenvalue weighted by Gasteiger charge is -2.12. The van der Waals surface area contributed by atoms with Crippen LogP contribution in [0.5, 0.6) is 0 Å². The zero-order chi connectivity index (χ0) is 7.68. The molecule has 0 bridgehead atoms. The smallest absolute Gasteiger partial charge is 0.150 e. The summed E-state index contributed by atoms with van der Waals surface area (Å²) >= 11 is 0. The van der Waals surface area contributed by atoms with Crippen molar-refractivity contribution in [3.05, 3.63) is 12.3 Å². The van der Waals surface area contributed by atoms with Gasteiger partial charge in [0, 0.05) is 25.4 Å². The van der Waals surface area contributed by atoms with Crippen LogP contribution in [0.2, 0.25) is 0 Å². The fourth-order valence-corrected chi connectivity index (χ4v) is 1.38. The molecule has 1 aliphatic rings. The molecule has 60 valence electrons. The number of aliphatic hydroxyl groups excluding tert-OH is 1.